The molecular formula is C16H25N3O. The molecule has 4 nitrogen and oxygen atoms in total. The van der Waals surface area contributed by atoms with E-state index in [4.69, 9.17) is 10.5 Å². The van der Waals surface area contributed by atoms with Gasteiger partial charge in [0.05, 0.1) is 7.11 Å². The fraction of sp³-hybridized carbons (Fsp3) is 0.562. The van der Waals surface area contributed by atoms with Crippen molar-refractivity contribution in [2.75, 3.05) is 20.2 Å². The van der Waals surface area contributed by atoms with E-state index in [0.717, 1.165) is 31.2 Å². The van der Waals surface area contributed by atoms with Crippen molar-refractivity contribution in [2.45, 2.75) is 32.6 Å². The van der Waals surface area contributed by atoms with Gasteiger partial charge in [-0.3, -0.25) is 4.99 Å². The number of guanidine groups is 1. The van der Waals surface area contributed by atoms with Gasteiger partial charge in [-0.1, -0.05) is 24.1 Å². The van der Waals surface area contributed by atoms with Gasteiger partial charge in [0.2, 0.25) is 0 Å². The maximum atomic E-state index is 5.87. The molecule has 0 unspecified atom stereocenters. The molecule has 0 bridgehead atoms. The number of benzene rings is 1. The highest BCUT2D eigenvalue weighted by atomic mass is 16.5. The van der Waals surface area contributed by atoms with Crippen LogP contribution >= 0.6 is 0 Å². The lowest BCUT2D eigenvalue weighted by atomic mass is 9.86. The Balaban J connectivity index is 1.78. The monoisotopic (exact) mass is 275 g/mol. The molecule has 0 spiro atoms. The van der Waals surface area contributed by atoms with Crippen LogP contribution < -0.4 is 15.8 Å². The summed E-state index contributed by atoms with van der Waals surface area (Å²) in [5.41, 5.74) is 8.32. The Hall–Kier alpha value is -1.71. The Morgan fingerprint density at radius 1 is 1.45 bits per heavy atom. The molecule has 20 heavy (non-hydrogen) atoms. The molecule has 110 valence electrons. The standard InChI is InChI=1S/C16H25N3O/c1-12-6-7-15(20-2)14(10-12)8-9-18-16(17)19-11-13-4-3-5-13/h6-7,10,13H,3-5,8-9,11H2,1-2H3,(H3,17,18,19). The first-order chi connectivity index (χ1) is 9.69. The lowest BCUT2D eigenvalue weighted by molar-refractivity contribution is 0.326. The molecule has 0 atom stereocenters. The van der Waals surface area contributed by atoms with Gasteiger partial charge in [0.25, 0.3) is 0 Å². The van der Waals surface area contributed by atoms with Crippen molar-refractivity contribution in [3.8, 4) is 5.75 Å². The molecule has 0 saturated heterocycles. The van der Waals surface area contributed by atoms with Crippen molar-refractivity contribution in [2.24, 2.45) is 16.6 Å². The van der Waals surface area contributed by atoms with Gasteiger partial charge in [0.1, 0.15) is 5.75 Å². The molecule has 1 saturated carbocycles. The SMILES string of the molecule is COc1ccc(C)cc1CCNC(N)=NCC1CCC1. The molecule has 1 aromatic rings. The number of ether oxygens (including phenoxy) is 1. The molecule has 4 heteroatoms. The average molecular weight is 275 g/mol. The van der Waals surface area contributed by atoms with Crippen LogP contribution in [0.25, 0.3) is 0 Å². The van der Waals surface area contributed by atoms with E-state index < -0.39 is 0 Å². The number of aryl methyl sites for hydroxylation is 1. The van der Waals surface area contributed by atoms with E-state index in [1.807, 2.05) is 6.07 Å². The van der Waals surface area contributed by atoms with Gasteiger partial charge in [-0.15, -0.1) is 0 Å². The molecule has 0 radical (unpaired) electrons. The highest BCUT2D eigenvalue weighted by Gasteiger charge is 2.16. The largest absolute Gasteiger partial charge is 0.496 e. The topological polar surface area (TPSA) is 59.6 Å². The number of nitrogens with zero attached hydrogens (tertiary/aromatic N) is 1. The lowest BCUT2D eigenvalue weighted by Crippen LogP contribution is -2.34. The minimum absolute atomic E-state index is 0.559. The number of methoxy groups -OCH3 is 1. The van der Waals surface area contributed by atoms with Crippen molar-refractivity contribution in [3.63, 3.8) is 0 Å². The fourth-order valence-electron chi connectivity index (χ4n) is 2.39. The average Bonchev–Trinajstić information content (AvgIpc) is 2.37. The lowest BCUT2D eigenvalue weighted by Gasteiger charge is -2.23. The zero-order valence-electron chi connectivity index (χ0n) is 12.5. The van der Waals surface area contributed by atoms with E-state index in [1.54, 1.807) is 7.11 Å². The summed E-state index contributed by atoms with van der Waals surface area (Å²) < 4.78 is 5.37. The molecule has 1 aliphatic rings. The maximum absolute atomic E-state index is 5.87. The summed E-state index contributed by atoms with van der Waals surface area (Å²) in [6.07, 6.45) is 4.83. The first-order valence-electron chi connectivity index (χ1n) is 7.36. The highest BCUT2D eigenvalue weighted by molar-refractivity contribution is 5.77. The van der Waals surface area contributed by atoms with Crippen LogP contribution in [0.15, 0.2) is 23.2 Å². The zero-order chi connectivity index (χ0) is 14.4. The highest BCUT2D eigenvalue weighted by Crippen LogP contribution is 2.26. The van der Waals surface area contributed by atoms with E-state index in [1.165, 1.54) is 30.4 Å². The first-order valence-corrected chi connectivity index (χ1v) is 7.36. The number of nitrogens with two attached hydrogens (primary N) is 1. The molecule has 0 aliphatic heterocycles. The Kier molecular flexibility index (Phi) is 5.27. The summed E-state index contributed by atoms with van der Waals surface area (Å²) in [6.45, 7) is 3.73. The Bertz CT molecular complexity index is 467. The van der Waals surface area contributed by atoms with Crippen LogP contribution in [0.5, 0.6) is 5.75 Å². The van der Waals surface area contributed by atoms with Gasteiger partial charge in [0.15, 0.2) is 5.96 Å². The molecule has 3 N–H and O–H groups in total. The second-order valence-corrected chi connectivity index (χ2v) is 5.51. The van der Waals surface area contributed by atoms with Crippen molar-refractivity contribution in [1.82, 2.24) is 5.32 Å². The Morgan fingerprint density at radius 2 is 2.25 bits per heavy atom. The summed E-state index contributed by atoms with van der Waals surface area (Å²) in [6, 6.07) is 6.23. The van der Waals surface area contributed by atoms with Gasteiger partial charge in [0, 0.05) is 13.1 Å². The van der Waals surface area contributed by atoms with Crippen LogP contribution in [-0.4, -0.2) is 26.2 Å². The summed E-state index contributed by atoms with van der Waals surface area (Å²) in [5, 5.41) is 3.18. The summed E-state index contributed by atoms with van der Waals surface area (Å²) in [4.78, 5) is 4.39. The minimum atomic E-state index is 0.559. The maximum Gasteiger partial charge on any atom is 0.188 e. The van der Waals surface area contributed by atoms with Gasteiger partial charge in [-0.2, -0.15) is 0 Å². The van der Waals surface area contributed by atoms with E-state index >= 15 is 0 Å². The predicted molar refractivity (Wildman–Crippen MR) is 83.3 cm³/mol. The molecule has 0 aromatic heterocycles. The van der Waals surface area contributed by atoms with Crippen LogP contribution in [0.3, 0.4) is 0 Å². The summed E-state index contributed by atoms with van der Waals surface area (Å²) in [7, 11) is 1.70. The third kappa shape index (κ3) is 4.15. The number of aliphatic imine (C=N–C) groups is 1. The van der Waals surface area contributed by atoms with Crippen LogP contribution in [0.1, 0.15) is 30.4 Å². The summed E-state index contributed by atoms with van der Waals surface area (Å²) in [5.74, 6) is 2.25. The first kappa shape index (κ1) is 14.7. The third-order valence-electron chi connectivity index (χ3n) is 3.88. The molecule has 1 aromatic carbocycles. The molecule has 2 rings (SSSR count). The quantitative estimate of drug-likeness (QED) is 0.618. The predicted octanol–water partition coefficient (Wildman–Crippen LogP) is 2.25. The van der Waals surface area contributed by atoms with Crippen LogP contribution in [0.4, 0.5) is 0 Å². The van der Waals surface area contributed by atoms with Crippen molar-refractivity contribution in [1.29, 1.82) is 0 Å². The second-order valence-electron chi connectivity index (χ2n) is 5.51. The molecule has 1 aliphatic carbocycles. The van der Waals surface area contributed by atoms with Crippen LogP contribution in [0, 0.1) is 12.8 Å². The number of hydrogen-bond donors (Lipinski definition) is 2. The van der Waals surface area contributed by atoms with Gasteiger partial charge in [-0.25, -0.2) is 0 Å². The van der Waals surface area contributed by atoms with Gasteiger partial charge >= 0.3 is 0 Å². The molecule has 0 heterocycles. The molecule has 0 amide bonds. The Labute approximate surface area is 121 Å². The van der Waals surface area contributed by atoms with E-state index in [0.29, 0.717) is 5.96 Å². The van der Waals surface area contributed by atoms with E-state index in [9.17, 15) is 0 Å². The van der Waals surface area contributed by atoms with E-state index in [2.05, 4.69) is 29.4 Å². The number of hydrogen-bond acceptors (Lipinski definition) is 2. The molecular weight excluding hydrogens is 250 g/mol. The van der Waals surface area contributed by atoms with Crippen molar-refractivity contribution >= 4 is 5.96 Å². The third-order valence-corrected chi connectivity index (χ3v) is 3.88. The fourth-order valence-corrected chi connectivity index (χ4v) is 2.39. The normalized spacial score (nSPS) is 15.8. The number of nitrogens with one attached hydrogen (secondary N) is 1. The van der Waals surface area contributed by atoms with Crippen LogP contribution in [0.2, 0.25) is 0 Å². The number of rotatable bonds is 6. The van der Waals surface area contributed by atoms with Gasteiger partial charge in [-0.05, 0) is 43.7 Å². The smallest absolute Gasteiger partial charge is 0.188 e. The second kappa shape index (κ2) is 7.17. The molecule has 1 fully saturated rings. The van der Waals surface area contributed by atoms with Crippen molar-refractivity contribution < 1.29 is 4.74 Å². The Morgan fingerprint density at radius 3 is 2.90 bits per heavy atom. The summed E-state index contributed by atoms with van der Waals surface area (Å²) >= 11 is 0. The van der Waals surface area contributed by atoms with Gasteiger partial charge < -0.3 is 15.8 Å². The van der Waals surface area contributed by atoms with E-state index in [-0.39, 0.29) is 0 Å². The zero-order valence-corrected chi connectivity index (χ0v) is 12.5. The van der Waals surface area contributed by atoms with Crippen molar-refractivity contribution in [3.05, 3.63) is 29.3 Å². The van der Waals surface area contributed by atoms with Crippen LogP contribution in [-0.2, 0) is 6.42 Å². The minimum Gasteiger partial charge on any atom is -0.496 e.